The summed E-state index contributed by atoms with van der Waals surface area (Å²) >= 11 is 0. The van der Waals surface area contributed by atoms with Crippen LogP contribution < -0.4 is 10.1 Å². The van der Waals surface area contributed by atoms with Crippen molar-refractivity contribution in [1.82, 2.24) is 20.1 Å². The van der Waals surface area contributed by atoms with Gasteiger partial charge < -0.3 is 25.0 Å². The molecule has 2 heterocycles. The molecule has 9 heteroatoms. The molecular weight excluding hydrogens is 446 g/mol. The number of hydrogen-bond donors (Lipinski definition) is 2. The number of pyridine rings is 1. The standard InChI is InChI=1S/C26H33N5O4/c1-5-9-28-26(34)30(4)15-23-17(2)14-31(18(3)16-32)25(33)22-11-21(13-29-24(22)35-23)20-8-6-7-19(10-20)12-27/h6-8,10-11,13,17-18,23,32H,5,9,14-16H2,1-4H3,(H,28,34)/t17-,18+,23-/m0/s1. The Kier molecular flexibility index (Phi) is 8.66. The second kappa shape index (κ2) is 11.7. The van der Waals surface area contributed by atoms with Crippen molar-refractivity contribution in [3.05, 3.63) is 47.7 Å². The van der Waals surface area contributed by atoms with Crippen molar-refractivity contribution in [2.75, 3.05) is 33.3 Å². The van der Waals surface area contributed by atoms with Crippen molar-refractivity contribution >= 4 is 11.9 Å². The molecule has 0 spiro atoms. The fourth-order valence-electron chi connectivity index (χ4n) is 3.97. The Morgan fingerprint density at radius 3 is 2.86 bits per heavy atom. The Morgan fingerprint density at radius 2 is 2.17 bits per heavy atom. The summed E-state index contributed by atoms with van der Waals surface area (Å²) in [5.41, 5.74) is 2.22. The molecule has 2 N–H and O–H groups in total. The first-order valence-electron chi connectivity index (χ1n) is 11.9. The van der Waals surface area contributed by atoms with Gasteiger partial charge in [0.2, 0.25) is 5.88 Å². The smallest absolute Gasteiger partial charge is 0.317 e. The molecule has 2 aromatic rings. The van der Waals surface area contributed by atoms with Gasteiger partial charge in [-0.2, -0.15) is 5.26 Å². The fourth-order valence-corrected chi connectivity index (χ4v) is 3.97. The van der Waals surface area contributed by atoms with Crippen molar-refractivity contribution in [3.8, 4) is 23.1 Å². The van der Waals surface area contributed by atoms with Gasteiger partial charge in [-0.25, -0.2) is 9.78 Å². The number of carbonyl (C=O) groups is 2. The van der Waals surface area contributed by atoms with Crippen LogP contribution in [-0.2, 0) is 0 Å². The Balaban J connectivity index is 1.99. The lowest BCUT2D eigenvalue weighted by atomic mass is 9.99. The number of amides is 3. The van der Waals surface area contributed by atoms with Crippen LogP contribution in [0.1, 0.15) is 43.1 Å². The highest BCUT2D eigenvalue weighted by atomic mass is 16.5. The van der Waals surface area contributed by atoms with Crippen molar-refractivity contribution < 1.29 is 19.4 Å². The second-order valence-corrected chi connectivity index (χ2v) is 9.00. The highest BCUT2D eigenvalue weighted by Gasteiger charge is 2.34. The predicted octanol–water partition coefficient (Wildman–Crippen LogP) is 2.89. The molecule has 0 fully saturated rings. The molecule has 0 saturated heterocycles. The largest absolute Gasteiger partial charge is 0.472 e. The topological polar surface area (TPSA) is 119 Å². The number of ether oxygens (including phenoxy) is 1. The Morgan fingerprint density at radius 1 is 1.40 bits per heavy atom. The lowest BCUT2D eigenvalue weighted by molar-refractivity contribution is 0.0352. The molecule has 0 bridgehead atoms. The summed E-state index contributed by atoms with van der Waals surface area (Å²) in [6.45, 7) is 6.79. The van der Waals surface area contributed by atoms with E-state index < -0.39 is 12.1 Å². The Bertz CT molecular complexity index is 1100. The van der Waals surface area contributed by atoms with Crippen LogP contribution in [0.5, 0.6) is 5.88 Å². The minimum atomic E-state index is -0.423. The number of aromatic nitrogens is 1. The van der Waals surface area contributed by atoms with Crippen molar-refractivity contribution in [1.29, 1.82) is 5.26 Å². The van der Waals surface area contributed by atoms with E-state index in [1.165, 1.54) is 0 Å². The summed E-state index contributed by atoms with van der Waals surface area (Å²) in [6, 6.07) is 10.3. The molecule has 186 valence electrons. The monoisotopic (exact) mass is 479 g/mol. The lowest BCUT2D eigenvalue weighted by Crippen LogP contribution is -2.51. The predicted molar refractivity (Wildman–Crippen MR) is 132 cm³/mol. The highest BCUT2D eigenvalue weighted by Crippen LogP contribution is 2.30. The van der Waals surface area contributed by atoms with Gasteiger partial charge in [-0.05, 0) is 37.1 Å². The van der Waals surface area contributed by atoms with Crippen LogP contribution in [0.25, 0.3) is 11.1 Å². The van der Waals surface area contributed by atoms with Crippen LogP contribution >= 0.6 is 0 Å². The number of nitrogens with zero attached hydrogens (tertiary/aromatic N) is 4. The number of nitriles is 1. The summed E-state index contributed by atoms with van der Waals surface area (Å²) in [4.78, 5) is 33.7. The van der Waals surface area contributed by atoms with Gasteiger partial charge in [0.1, 0.15) is 11.7 Å². The van der Waals surface area contributed by atoms with E-state index in [1.807, 2.05) is 19.9 Å². The molecule has 0 unspecified atom stereocenters. The van der Waals surface area contributed by atoms with Crippen LogP contribution in [-0.4, -0.2) is 77.3 Å². The number of nitrogens with one attached hydrogen (secondary N) is 1. The third kappa shape index (κ3) is 6.08. The highest BCUT2D eigenvalue weighted by molar-refractivity contribution is 5.98. The molecule has 0 aliphatic carbocycles. The zero-order valence-corrected chi connectivity index (χ0v) is 20.7. The number of benzene rings is 1. The van der Waals surface area contributed by atoms with Gasteiger partial charge in [0.15, 0.2) is 0 Å². The first kappa shape index (κ1) is 26.0. The maximum Gasteiger partial charge on any atom is 0.317 e. The van der Waals surface area contributed by atoms with Gasteiger partial charge >= 0.3 is 6.03 Å². The number of aliphatic hydroxyl groups excluding tert-OH is 1. The van der Waals surface area contributed by atoms with E-state index in [4.69, 9.17) is 4.74 Å². The zero-order valence-electron chi connectivity index (χ0n) is 20.7. The first-order valence-corrected chi connectivity index (χ1v) is 11.9. The molecule has 3 rings (SSSR count). The van der Waals surface area contributed by atoms with E-state index in [2.05, 4.69) is 16.4 Å². The SMILES string of the molecule is CCCNC(=O)N(C)C[C@@H]1Oc2ncc(-c3cccc(C#N)c3)cc2C(=O)N([C@H](C)CO)C[C@@H]1C. The van der Waals surface area contributed by atoms with E-state index in [-0.39, 0.29) is 35.9 Å². The van der Waals surface area contributed by atoms with Gasteiger partial charge in [-0.15, -0.1) is 0 Å². The maximum absolute atomic E-state index is 13.6. The van der Waals surface area contributed by atoms with Gasteiger partial charge in [0.05, 0.1) is 30.8 Å². The maximum atomic E-state index is 13.6. The number of urea groups is 1. The van der Waals surface area contributed by atoms with Crippen molar-refractivity contribution in [3.63, 3.8) is 0 Å². The normalized spacial score (nSPS) is 18.4. The van der Waals surface area contributed by atoms with E-state index in [0.29, 0.717) is 30.8 Å². The molecular formula is C26H33N5O4. The summed E-state index contributed by atoms with van der Waals surface area (Å²) < 4.78 is 6.25. The summed E-state index contributed by atoms with van der Waals surface area (Å²) in [5, 5.41) is 21.9. The minimum Gasteiger partial charge on any atom is -0.472 e. The molecule has 35 heavy (non-hydrogen) atoms. The van der Waals surface area contributed by atoms with Gasteiger partial charge in [0, 0.05) is 37.8 Å². The summed E-state index contributed by atoms with van der Waals surface area (Å²) in [5.74, 6) is -0.229. The van der Waals surface area contributed by atoms with Crippen LogP contribution in [0.3, 0.4) is 0 Å². The van der Waals surface area contributed by atoms with E-state index >= 15 is 0 Å². The fraction of sp³-hybridized carbons (Fsp3) is 0.462. The van der Waals surface area contributed by atoms with E-state index in [0.717, 1.165) is 12.0 Å². The first-order chi connectivity index (χ1) is 16.8. The van der Waals surface area contributed by atoms with Crippen molar-refractivity contribution in [2.24, 2.45) is 5.92 Å². The molecule has 1 aliphatic heterocycles. The van der Waals surface area contributed by atoms with Crippen LogP contribution in [0.15, 0.2) is 36.5 Å². The molecule has 1 aliphatic rings. The van der Waals surface area contributed by atoms with E-state index in [9.17, 15) is 20.0 Å². The van der Waals surface area contributed by atoms with Gasteiger partial charge in [0.25, 0.3) is 5.91 Å². The molecule has 1 aromatic carbocycles. The lowest BCUT2D eigenvalue weighted by Gasteiger charge is -2.37. The summed E-state index contributed by atoms with van der Waals surface area (Å²) in [7, 11) is 1.71. The molecule has 9 nitrogen and oxygen atoms in total. The van der Waals surface area contributed by atoms with Crippen LogP contribution in [0.2, 0.25) is 0 Å². The number of aliphatic hydroxyl groups is 1. The number of likely N-dealkylation sites (N-methyl/N-ethyl adjacent to an activating group) is 1. The Labute approximate surface area is 206 Å². The van der Waals surface area contributed by atoms with E-state index in [1.54, 1.807) is 54.2 Å². The molecule has 3 atom stereocenters. The van der Waals surface area contributed by atoms with Crippen molar-refractivity contribution in [2.45, 2.75) is 39.3 Å². The molecule has 1 aromatic heterocycles. The van der Waals surface area contributed by atoms with Gasteiger partial charge in [-0.3, -0.25) is 4.79 Å². The van der Waals surface area contributed by atoms with Crippen LogP contribution in [0, 0.1) is 17.2 Å². The summed E-state index contributed by atoms with van der Waals surface area (Å²) in [6.07, 6.45) is 2.03. The molecule has 3 amide bonds. The molecule has 0 saturated carbocycles. The second-order valence-electron chi connectivity index (χ2n) is 9.00. The minimum absolute atomic E-state index is 0.128. The number of hydrogen-bond acceptors (Lipinski definition) is 6. The third-order valence-electron chi connectivity index (χ3n) is 6.17. The number of fused-ring (bicyclic) bond motifs is 1. The quantitative estimate of drug-likeness (QED) is 0.630. The average molecular weight is 480 g/mol. The Hall–Kier alpha value is -3.64. The number of rotatable bonds is 7. The average Bonchev–Trinajstić information content (AvgIpc) is 2.88. The number of carbonyl (C=O) groups excluding carboxylic acids is 2. The van der Waals surface area contributed by atoms with Gasteiger partial charge in [-0.1, -0.05) is 26.0 Å². The van der Waals surface area contributed by atoms with Crippen LogP contribution in [0.4, 0.5) is 4.79 Å². The molecule has 0 radical (unpaired) electrons. The third-order valence-corrected chi connectivity index (χ3v) is 6.17. The zero-order chi connectivity index (χ0) is 25.5.